The second-order valence-electron chi connectivity index (χ2n) is 6.21. The summed E-state index contributed by atoms with van der Waals surface area (Å²) in [5.74, 6) is 1.51. The van der Waals surface area contributed by atoms with Gasteiger partial charge in [-0.3, -0.25) is 4.79 Å². The Morgan fingerprint density at radius 3 is 2.62 bits per heavy atom. The van der Waals surface area contributed by atoms with Crippen molar-refractivity contribution >= 4 is 34.8 Å². The lowest BCUT2D eigenvalue weighted by Crippen LogP contribution is -2.21. The molecule has 0 saturated heterocycles. The van der Waals surface area contributed by atoms with Crippen LogP contribution in [0.15, 0.2) is 46.9 Å². The standard InChI is InChI=1S/C21H19Cl2NO5/c1-12-7-14(22)9-16(23)21(12)28-11-20(26)24-17-8-13(3-5-19(17)27-2)18-6-4-15(10-25)29-18/h3-9,25H,10-11H2,1-2H3,(H,24,26). The molecule has 2 N–H and O–H groups in total. The molecule has 0 radical (unpaired) electrons. The Kier molecular flexibility index (Phi) is 6.69. The molecule has 2 aromatic carbocycles. The van der Waals surface area contributed by atoms with Crippen LogP contribution in [0.25, 0.3) is 11.3 Å². The van der Waals surface area contributed by atoms with Gasteiger partial charge in [-0.25, -0.2) is 0 Å². The number of nitrogens with one attached hydrogen (secondary N) is 1. The van der Waals surface area contributed by atoms with Crippen molar-refractivity contribution in [1.29, 1.82) is 0 Å². The molecular weight excluding hydrogens is 417 g/mol. The molecule has 0 unspecified atom stereocenters. The molecule has 3 aromatic rings. The lowest BCUT2D eigenvalue weighted by molar-refractivity contribution is -0.118. The van der Waals surface area contributed by atoms with Crippen LogP contribution in [0.4, 0.5) is 5.69 Å². The molecule has 0 bridgehead atoms. The molecule has 0 aliphatic rings. The van der Waals surface area contributed by atoms with Gasteiger partial charge in [0.15, 0.2) is 6.61 Å². The molecule has 3 rings (SSSR count). The minimum absolute atomic E-state index is 0.191. The van der Waals surface area contributed by atoms with E-state index in [-0.39, 0.29) is 19.1 Å². The number of furan rings is 1. The summed E-state index contributed by atoms with van der Waals surface area (Å²) in [4.78, 5) is 12.4. The number of aliphatic hydroxyl groups excluding tert-OH is 1. The third-order valence-corrected chi connectivity index (χ3v) is 4.62. The average Bonchev–Trinajstić information content (AvgIpc) is 3.16. The van der Waals surface area contributed by atoms with Crippen molar-refractivity contribution in [2.24, 2.45) is 0 Å². The minimum Gasteiger partial charge on any atom is -0.495 e. The van der Waals surface area contributed by atoms with Crippen LogP contribution >= 0.6 is 23.2 Å². The molecule has 0 aliphatic heterocycles. The molecule has 0 spiro atoms. The summed E-state index contributed by atoms with van der Waals surface area (Å²) in [6, 6.07) is 11.9. The number of methoxy groups -OCH3 is 1. The Morgan fingerprint density at radius 2 is 1.97 bits per heavy atom. The highest BCUT2D eigenvalue weighted by molar-refractivity contribution is 6.35. The maximum absolute atomic E-state index is 12.4. The van der Waals surface area contributed by atoms with Crippen molar-refractivity contribution in [1.82, 2.24) is 0 Å². The average molecular weight is 436 g/mol. The van der Waals surface area contributed by atoms with Gasteiger partial charge in [-0.05, 0) is 55.0 Å². The molecule has 1 heterocycles. The molecule has 0 aliphatic carbocycles. The van der Waals surface area contributed by atoms with Gasteiger partial charge in [0.2, 0.25) is 0 Å². The number of carbonyl (C=O) groups excluding carboxylic acids is 1. The largest absolute Gasteiger partial charge is 0.495 e. The summed E-state index contributed by atoms with van der Waals surface area (Å²) < 4.78 is 16.4. The first-order chi connectivity index (χ1) is 13.9. The number of amides is 1. The quantitative estimate of drug-likeness (QED) is 0.540. The van der Waals surface area contributed by atoms with Crippen molar-refractivity contribution in [2.75, 3.05) is 19.0 Å². The molecule has 0 atom stereocenters. The third-order valence-electron chi connectivity index (χ3n) is 4.12. The van der Waals surface area contributed by atoms with Crippen molar-refractivity contribution in [3.05, 3.63) is 63.8 Å². The van der Waals surface area contributed by atoms with Gasteiger partial charge in [0, 0.05) is 10.6 Å². The van der Waals surface area contributed by atoms with E-state index in [0.29, 0.717) is 38.8 Å². The predicted octanol–water partition coefficient (Wildman–Crippen LogP) is 5.08. The highest BCUT2D eigenvalue weighted by Gasteiger charge is 2.14. The fraction of sp³-hybridized carbons (Fsp3) is 0.190. The number of aliphatic hydroxyl groups is 1. The van der Waals surface area contributed by atoms with E-state index in [2.05, 4.69) is 5.32 Å². The van der Waals surface area contributed by atoms with Crippen LogP contribution in [0.3, 0.4) is 0 Å². The summed E-state index contributed by atoms with van der Waals surface area (Å²) in [6.45, 7) is 1.36. The first-order valence-corrected chi connectivity index (χ1v) is 9.43. The number of benzene rings is 2. The van der Waals surface area contributed by atoms with Gasteiger partial charge in [-0.15, -0.1) is 0 Å². The smallest absolute Gasteiger partial charge is 0.262 e. The Labute approximate surface area is 178 Å². The van der Waals surface area contributed by atoms with Gasteiger partial charge in [-0.1, -0.05) is 23.2 Å². The van der Waals surface area contributed by atoms with Gasteiger partial charge in [0.1, 0.15) is 29.6 Å². The lowest BCUT2D eigenvalue weighted by atomic mass is 10.1. The summed E-state index contributed by atoms with van der Waals surface area (Å²) in [5.41, 5.74) is 1.91. The fourth-order valence-corrected chi connectivity index (χ4v) is 3.42. The van der Waals surface area contributed by atoms with Gasteiger partial charge in [0.25, 0.3) is 5.91 Å². The van der Waals surface area contributed by atoms with Gasteiger partial charge >= 0.3 is 0 Å². The third kappa shape index (κ3) is 5.03. The number of anilines is 1. The van der Waals surface area contributed by atoms with Crippen molar-refractivity contribution in [3.63, 3.8) is 0 Å². The summed E-state index contributed by atoms with van der Waals surface area (Å²) in [5, 5.41) is 12.8. The second kappa shape index (κ2) is 9.22. The number of rotatable bonds is 7. The monoisotopic (exact) mass is 435 g/mol. The molecule has 29 heavy (non-hydrogen) atoms. The van der Waals surface area contributed by atoms with E-state index in [4.69, 9.17) is 42.2 Å². The number of carbonyl (C=O) groups is 1. The van der Waals surface area contributed by atoms with Gasteiger partial charge < -0.3 is 24.3 Å². The first kappa shape index (κ1) is 21.0. The lowest BCUT2D eigenvalue weighted by Gasteiger charge is -2.14. The molecule has 8 heteroatoms. The highest BCUT2D eigenvalue weighted by Crippen LogP contribution is 2.33. The van der Waals surface area contributed by atoms with Crippen LogP contribution in [0, 0.1) is 6.92 Å². The van der Waals surface area contributed by atoms with Crippen molar-refractivity contribution < 1.29 is 23.8 Å². The fourth-order valence-electron chi connectivity index (χ4n) is 2.77. The van der Waals surface area contributed by atoms with Crippen LogP contribution in [-0.4, -0.2) is 24.7 Å². The maximum Gasteiger partial charge on any atom is 0.262 e. The predicted molar refractivity (Wildman–Crippen MR) is 112 cm³/mol. The number of hydrogen-bond acceptors (Lipinski definition) is 5. The second-order valence-corrected chi connectivity index (χ2v) is 7.05. The Hall–Kier alpha value is -2.67. The summed E-state index contributed by atoms with van der Waals surface area (Å²) in [7, 11) is 1.51. The maximum atomic E-state index is 12.4. The molecular formula is C21H19Cl2NO5. The van der Waals surface area contributed by atoms with Crippen LogP contribution in [0.5, 0.6) is 11.5 Å². The van der Waals surface area contributed by atoms with Crippen molar-refractivity contribution in [2.45, 2.75) is 13.5 Å². The first-order valence-electron chi connectivity index (χ1n) is 8.67. The molecule has 1 amide bonds. The SMILES string of the molecule is COc1ccc(-c2ccc(CO)o2)cc1NC(=O)COc1c(C)cc(Cl)cc1Cl. The number of halogens is 2. The van der Waals surface area contributed by atoms with Crippen LogP contribution in [0.2, 0.25) is 10.0 Å². The molecule has 152 valence electrons. The molecule has 0 fully saturated rings. The summed E-state index contributed by atoms with van der Waals surface area (Å²) >= 11 is 12.1. The zero-order valence-electron chi connectivity index (χ0n) is 15.8. The van der Waals surface area contributed by atoms with E-state index in [0.717, 1.165) is 11.1 Å². The van der Waals surface area contributed by atoms with Gasteiger partial charge in [-0.2, -0.15) is 0 Å². The van der Waals surface area contributed by atoms with E-state index in [1.165, 1.54) is 7.11 Å². The van der Waals surface area contributed by atoms with Crippen LogP contribution in [0.1, 0.15) is 11.3 Å². The zero-order chi connectivity index (χ0) is 21.0. The van der Waals surface area contributed by atoms with E-state index < -0.39 is 0 Å². The van der Waals surface area contributed by atoms with E-state index >= 15 is 0 Å². The van der Waals surface area contributed by atoms with Crippen LogP contribution in [-0.2, 0) is 11.4 Å². The Balaban J connectivity index is 1.74. The van der Waals surface area contributed by atoms with E-state index in [1.807, 2.05) is 0 Å². The molecule has 0 saturated carbocycles. The number of hydrogen-bond donors (Lipinski definition) is 2. The zero-order valence-corrected chi connectivity index (χ0v) is 17.3. The summed E-state index contributed by atoms with van der Waals surface area (Å²) in [6.07, 6.45) is 0. The topological polar surface area (TPSA) is 80.9 Å². The Bertz CT molecular complexity index is 1010. The normalized spacial score (nSPS) is 10.7. The van der Waals surface area contributed by atoms with E-state index in [9.17, 15) is 4.79 Å². The van der Waals surface area contributed by atoms with Crippen molar-refractivity contribution in [3.8, 4) is 22.8 Å². The Morgan fingerprint density at radius 1 is 1.17 bits per heavy atom. The highest BCUT2D eigenvalue weighted by atomic mass is 35.5. The molecule has 6 nitrogen and oxygen atoms in total. The number of aryl methyl sites for hydroxylation is 1. The number of ether oxygens (including phenoxy) is 2. The molecule has 1 aromatic heterocycles. The minimum atomic E-state index is -0.388. The van der Waals surface area contributed by atoms with Crippen LogP contribution < -0.4 is 14.8 Å². The van der Waals surface area contributed by atoms with Gasteiger partial charge in [0.05, 0.1) is 17.8 Å². The van der Waals surface area contributed by atoms with E-state index in [1.54, 1.807) is 49.4 Å².